The van der Waals surface area contributed by atoms with Crippen LogP contribution in [-0.4, -0.2) is 73.5 Å². The molecule has 3 N–H and O–H groups in total. The van der Waals surface area contributed by atoms with Crippen LogP contribution in [0.4, 0.5) is 0 Å². The maximum absolute atomic E-state index is 10.1. The standard InChI is InChI=1S/C6H10O4.C6H14O2.C2H6O2/c1-5(7)9-3-4-10-6(2)8;1-2-3-5-8-6-4-7;3-1-2-4/h3-4H2,1-2H3;7H,2-6H2,1H3;3-4H,1-2H2. The van der Waals surface area contributed by atoms with E-state index in [-0.39, 0.29) is 45.0 Å². The van der Waals surface area contributed by atoms with Gasteiger partial charge < -0.3 is 29.5 Å². The Labute approximate surface area is 132 Å². The lowest BCUT2D eigenvalue weighted by molar-refractivity contribution is -0.149. The van der Waals surface area contributed by atoms with Crippen LogP contribution in [0.3, 0.4) is 0 Å². The Kier molecular flexibility index (Phi) is 29.0. The SMILES string of the molecule is CC(=O)OCCOC(C)=O.CCCCOCCO.OCCO. The summed E-state index contributed by atoms with van der Waals surface area (Å²) in [7, 11) is 0. The molecular formula is C14H30O8. The van der Waals surface area contributed by atoms with E-state index < -0.39 is 0 Å². The van der Waals surface area contributed by atoms with E-state index in [1.165, 1.54) is 13.8 Å². The Morgan fingerprint density at radius 1 is 0.773 bits per heavy atom. The number of rotatable bonds is 9. The van der Waals surface area contributed by atoms with E-state index in [1.54, 1.807) is 0 Å². The lowest BCUT2D eigenvalue weighted by Gasteiger charge is -2.00. The predicted octanol–water partition coefficient (Wildman–Crippen LogP) is -0.121. The van der Waals surface area contributed by atoms with Crippen LogP contribution in [0.2, 0.25) is 0 Å². The molecule has 0 rings (SSSR count). The van der Waals surface area contributed by atoms with Crippen LogP contribution < -0.4 is 0 Å². The van der Waals surface area contributed by atoms with E-state index in [9.17, 15) is 9.59 Å². The maximum atomic E-state index is 10.1. The highest BCUT2D eigenvalue weighted by atomic mass is 16.6. The van der Waals surface area contributed by atoms with Crippen LogP contribution in [0.25, 0.3) is 0 Å². The van der Waals surface area contributed by atoms with Gasteiger partial charge in [-0.3, -0.25) is 9.59 Å². The number of esters is 2. The number of carbonyl (C=O) groups is 2. The van der Waals surface area contributed by atoms with Gasteiger partial charge in [-0.1, -0.05) is 13.3 Å². The molecule has 0 aliphatic heterocycles. The molecular weight excluding hydrogens is 296 g/mol. The average Bonchev–Trinajstić information content (AvgIpc) is 2.49. The molecule has 0 amide bonds. The Morgan fingerprint density at radius 2 is 1.23 bits per heavy atom. The average molecular weight is 326 g/mol. The highest BCUT2D eigenvalue weighted by Gasteiger charge is 1.94. The van der Waals surface area contributed by atoms with Crippen molar-refractivity contribution in [2.75, 3.05) is 46.2 Å². The third-order valence-electron chi connectivity index (χ3n) is 1.67. The van der Waals surface area contributed by atoms with Crippen molar-refractivity contribution in [3.63, 3.8) is 0 Å². The molecule has 0 bridgehead atoms. The Bertz CT molecular complexity index is 209. The third-order valence-corrected chi connectivity index (χ3v) is 1.67. The second-order valence-corrected chi connectivity index (χ2v) is 3.82. The van der Waals surface area contributed by atoms with Gasteiger partial charge in [0.1, 0.15) is 13.2 Å². The second-order valence-electron chi connectivity index (χ2n) is 3.82. The van der Waals surface area contributed by atoms with Crippen LogP contribution in [0.15, 0.2) is 0 Å². The number of aliphatic hydroxyl groups is 3. The van der Waals surface area contributed by atoms with Gasteiger partial charge in [0.2, 0.25) is 0 Å². The molecule has 0 heterocycles. The van der Waals surface area contributed by atoms with Crippen molar-refractivity contribution in [1.29, 1.82) is 0 Å². The highest BCUT2D eigenvalue weighted by molar-refractivity contribution is 5.66. The lowest BCUT2D eigenvalue weighted by atomic mass is 10.4. The summed E-state index contributed by atoms with van der Waals surface area (Å²) < 4.78 is 13.9. The number of aliphatic hydroxyl groups excluding tert-OH is 3. The Morgan fingerprint density at radius 3 is 1.50 bits per heavy atom. The fraction of sp³-hybridized carbons (Fsp3) is 0.857. The van der Waals surface area contributed by atoms with Crippen molar-refractivity contribution in [3.8, 4) is 0 Å². The topological polar surface area (TPSA) is 123 Å². The molecule has 134 valence electrons. The smallest absolute Gasteiger partial charge is 0.302 e. The summed E-state index contributed by atoms with van der Waals surface area (Å²) >= 11 is 0. The first-order valence-corrected chi connectivity index (χ1v) is 7.13. The third kappa shape index (κ3) is 42.8. The summed E-state index contributed by atoms with van der Waals surface area (Å²) in [5.41, 5.74) is 0. The quantitative estimate of drug-likeness (QED) is 0.396. The van der Waals surface area contributed by atoms with Crippen LogP contribution in [0, 0.1) is 0 Å². The summed E-state index contributed by atoms with van der Waals surface area (Å²) in [6, 6.07) is 0. The molecule has 8 nitrogen and oxygen atoms in total. The molecule has 0 radical (unpaired) electrons. The molecule has 0 aromatic rings. The summed E-state index contributed by atoms with van der Waals surface area (Å²) in [5.74, 6) is -0.737. The molecule has 0 aliphatic carbocycles. The zero-order valence-electron chi connectivity index (χ0n) is 13.7. The second kappa shape index (κ2) is 24.8. The normalized spacial score (nSPS) is 8.82. The molecule has 0 aromatic carbocycles. The van der Waals surface area contributed by atoms with Crippen molar-refractivity contribution in [2.24, 2.45) is 0 Å². The van der Waals surface area contributed by atoms with Gasteiger partial charge in [0.25, 0.3) is 0 Å². The fourth-order valence-electron chi connectivity index (χ4n) is 0.784. The minimum atomic E-state index is -0.368. The van der Waals surface area contributed by atoms with Crippen LogP contribution in [-0.2, 0) is 23.8 Å². The first kappa shape index (κ1) is 25.7. The lowest BCUT2D eigenvalue weighted by Crippen LogP contribution is -2.09. The zero-order valence-corrected chi connectivity index (χ0v) is 13.7. The fourth-order valence-corrected chi connectivity index (χ4v) is 0.784. The molecule has 22 heavy (non-hydrogen) atoms. The minimum Gasteiger partial charge on any atom is -0.462 e. The largest absolute Gasteiger partial charge is 0.462 e. The van der Waals surface area contributed by atoms with E-state index in [1.807, 2.05) is 0 Å². The molecule has 0 saturated heterocycles. The summed E-state index contributed by atoms with van der Waals surface area (Å²) in [6.07, 6.45) is 2.26. The summed E-state index contributed by atoms with van der Waals surface area (Å²) in [6.45, 7) is 6.15. The predicted molar refractivity (Wildman–Crippen MR) is 80.3 cm³/mol. The highest BCUT2D eigenvalue weighted by Crippen LogP contribution is 1.85. The molecule has 0 fully saturated rings. The van der Waals surface area contributed by atoms with Crippen molar-refractivity contribution >= 4 is 11.9 Å². The molecule has 0 unspecified atom stereocenters. The number of hydrogen-bond acceptors (Lipinski definition) is 8. The monoisotopic (exact) mass is 326 g/mol. The number of ether oxygens (including phenoxy) is 3. The first-order valence-electron chi connectivity index (χ1n) is 7.13. The van der Waals surface area contributed by atoms with E-state index >= 15 is 0 Å². The van der Waals surface area contributed by atoms with Crippen molar-refractivity contribution in [1.82, 2.24) is 0 Å². The van der Waals surface area contributed by atoms with Gasteiger partial charge in [0.15, 0.2) is 0 Å². The van der Waals surface area contributed by atoms with Crippen molar-refractivity contribution in [3.05, 3.63) is 0 Å². The number of carbonyl (C=O) groups excluding carboxylic acids is 2. The van der Waals surface area contributed by atoms with Crippen LogP contribution in [0.5, 0.6) is 0 Å². The zero-order chi connectivity index (χ0) is 17.6. The molecule has 0 spiro atoms. The first-order chi connectivity index (χ1) is 10.5. The molecule has 0 aromatic heterocycles. The van der Waals surface area contributed by atoms with E-state index in [4.69, 9.17) is 20.1 Å². The molecule has 0 saturated carbocycles. The van der Waals surface area contributed by atoms with Gasteiger partial charge >= 0.3 is 11.9 Å². The number of unbranched alkanes of at least 4 members (excludes halogenated alkanes) is 1. The van der Waals surface area contributed by atoms with Crippen LogP contribution >= 0.6 is 0 Å². The van der Waals surface area contributed by atoms with Gasteiger partial charge in [-0.2, -0.15) is 0 Å². The number of hydrogen-bond donors (Lipinski definition) is 3. The van der Waals surface area contributed by atoms with Gasteiger partial charge in [-0.25, -0.2) is 0 Å². The van der Waals surface area contributed by atoms with Gasteiger partial charge in [-0.15, -0.1) is 0 Å². The Balaban J connectivity index is -0.000000269. The minimum absolute atomic E-state index is 0.125. The molecule has 0 atom stereocenters. The van der Waals surface area contributed by atoms with Crippen LogP contribution in [0.1, 0.15) is 33.6 Å². The van der Waals surface area contributed by atoms with Gasteiger partial charge in [0, 0.05) is 20.5 Å². The maximum Gasteiger partial charge on any atom is 0.302 e. The van der Waals surface area contributed by atoms with Gasteiger partial charge in [0.05, 0.1) is 26.4 Å². The van der Waals surface area contributed by atoms with Crippen molar-refractivity contribution < 1.29 is 39.1 Å². The Hall–Kier alpha value is -1.22. The summed E-state index contributed by atoms with van der Waals surface area (Å²) in [4.78, 5) is 20.3. The molecule has 8 heteroatoms. The summed E-state index contributed by atoms with van der Waals surface area (Å²) in [5, 5.41) is 23.5. The van der Waals surface area contributed by atoms with E-state index in [0.717, 1.165) is 19.4 Å². The van der Waals surface area contributed by atoms with E-state index in [2.05, 4.69) is 16.4 Å². The molecule has 0 aliphatic rings. The van der Waals surface area contributed by atoms with Gasteiger partial charge in [-0.05, 0) is 6.42 Å². The van der Waals surface area contributed by atoms with E-state index in [0.29, 0.717) is 6.61 Å². The van der Waals surface area contributed by atoms with Crippen molar-refractivity contribution in [2.45, 2.75) is 33.6 Å².